The molecular formula is C18H21FN2O4S. The predicted octanol–water partition coefficient (Wildman–Crippen LogP) is 3.02. The van der Waals surface area contributed by atoms with Gasteiger partial charge in [-0.1, -0.05) is 6.07 Å². The molecule has 0 aliphatic heterocycles. The molecule has 0 atom stereocenters. The molecule has 2 aromatic rings. The molecule has 0 aliphatic carbocycles. The zero-order valence-electron chi connectivity index (χ0n) is 14.8. The number of nitrogens with zero attached hydrogens (tertiary/aromatic N) is 1. The first-order chi connectivity index (χ1) is 12.1. The number of rotatable bonds is 7. The van der Waals surface area contributed by atoms with Crippen molar-refractivity contribution in [3.05, 3.63) is 54.3 Å². The third-order valence-corrected chi connectivity index (χ3v) is 4.43. The summed E-state index contributed by atoms with van der Waals surface area (Å²) >= 11 is 0. The number of halogens is 1. The topological polar surface area (TPSA) is 75.7 Å². The van der Waals surface area contributed by atoms with E-state index in [1.54, 1.807) is 24.3 Å². The van der Waals surface area contributed by atoms with E-state index < -0.39 is 28.3 Å². The van der Waals surface area contributed by atoms with Crippen LogP contribution in [0.5, 0.6) is 5.75 Å². The molecule has 0 bridgehead atoms. The molecule has 0 heterocycles. The van der Waals surface area contributed by atoms with Gasteiger partial charge >= 0.3 is 0 Å². The van der Waals surface area contributed by atoms with E-state index in [4.69, 9.17) is 4.74 Å². The summed E-state index contributed by atoms with van der Waals surface area (Å²) in [5.41, 5.74) is 0.696. The summed E-state index contributed by atoms with van der Waals surface area (Å²) in [7, 11) is -3.72. The number of carbonyl (C=O) groups excluding carboxylic acids is 1. The van der Waals surface area contributed by atoms with Crippen molar-refractivity contribution in [1.29, 1.82) is 0 Å². The molecule has 0 radical (unpaired) electrons. The molecule has 0 aliphatic rings. The molecule has 0 unspecified atom stereocenters. The maximum Gasteiger partial charge on any atom is 0.245 e. The van der Waals surface area contributed by atoms with E-state index in [1.165, 1.54) is 12.1 Å². The maximum absolute atomic E-state index is 13.1. The summed E-state index contributed by atoms with van der Waals surface area (Å²) in [6.07, 6.45) is 0.973. The van der Waals surface area contributed by atoms with Crippen LogP contribution in [-0.4, -0.2) is 33.2 Å². The number of anilines is 2. The van der Waals surface area contributed by atoms with E-state index in [2.05, 4.69) is 5.32 Å². The first-order valence-corrected chi connectivity index (χ1v) is 9.80. The van der Waals surface area contributed by atoms with Crippen LogP contribution in [0.2, 0.25) is 0 Å². The molecule has 2 aromatic carbocycles. The van der Waals surface area contributed by atoms with E-state index in [-0.39, 0.29) is 11.8 Å². The van der Waals surface area contributed by atoms with Gasteiger partial charge in [-0.2, -0.15) is 0 Å². The van der Waals surface area contributed by atoms with Crippen molar-refractivity contribution in [1.82, 2.24) is 0 Å². The SMILES string of the molecule is CC(C)Oc1cccc(NC(=O)CN(c2ccc(F)cc2)S(C)(=O)=O)c1. The van der Waals surface area contributed by atoms with Crippen molar-refractivity contribution in [2.45, 2.75) is 20.0 Å². The van der Waals surface area contributed by atoms with E-state index in [1.807, 2.05) is 13.8 Å². The Kier molecular flexibility index (Phi) is 6.20. The van der Waals surface area contributed by atoms with Crippen LogP contribution in [0.25, 0.3) is 0 Å². The predicted molar refractivity (Wildman–Crippen MR) is 99.4 cm³/mol. The van der Waals surface area contributed by atoms with Crippen molar-refractivity contribution in [3.8, 4) is 5.75 Å². The number of nitrogens with one attached hydrogen (secondary N) is 1. The van der Waals surface area contributed by atoms with Crippen molar-refractivity contribution in [2.24, 2.45) is 0 Å². The summed E-state index contributed by atoms with van der Waals surface area (Å²) < 4.78 is 43.6. The molecule has 1 amide bonds. The van der Waals surface area contributed by atoms with Crippen molar-refractivity contribution < 1.29 is 22.3 Å². The Bertz CT molecular complexity index is 867. The molecule has 0 saturated carbocycles. The average Bonchev–Trinajstić information content (AvgIpc) is 2.52. The second-order valence-electron chi connectivity index (χ2n) is 5.99. The summed E-state index contributed by atoms with van der Waals surface area (Å²) in [5.74, 6) is -0.425. The first-order valence-electron chi connectivity index (χ1n) is 7.95. The smallest absolute Gasteiger partial charge is 0.245 e. The molecule has 6 nitrogen and oxygen atoms in total. The molecule has 2 rings (SSSR count). The molecule has 140 valence electrons. The normalized spacial score (nSPS) is 11.3. The van der Waals surface area contributed by atoms with Crippen LogP contribution in [0.4, 0.5) is 15.8 Å². The maximum atomic E-state index is 13.1. The fraction of sp³-hybridized carbons (Fsp3) is 0.278. The van der Waals surface area contributed by atoms with E-state index in [0.717, 1.165) is 22.7 Å². The summed E-state index contributed by atoms with van der Waals surface area (Å²) in [6, 6.07) is 11.7. The Morgan fingerprint density at radius 1 is 1.19 bits per heavy atom. The summed E-state index contributed by atoms with van der Waals surface area (Å²) in [6.45, 7) is 3.34. The van der Waals surface area contributed by atoms with Gasteiger partial charge in [0.2, 0.25) is 15.9 Å². The number of hydrogen-bond acceptors (Lipinski definition) is 4. The van der Waals surface area contributed by atoms with Crippen LogP contribution in [0.15, 0.2) is 48.5 Å². The highest BCUT2D eigenvalue weighted by Gasteiger charge is 2.21. The van der Waals surface area contributed by atoms with Gasteiger partial charge in [-0.25, -0.2) is 12.8 Å². The Labute approximate surface area is 152 Å². The number of carbonyl (C=O) groups is 1. The Hall–Kier alpha value is -2.61. The van der Waals surface area contributed by atoms with Crippen LogP contribution < -0.4 is 14.4 Å². The lowest BCUT2D eigenvalue weighted by Gasteiger charge is -2.22. The number of amides is 1. The quantitative estimate of drug-likeness (QED) is 0.801. The molecule has 26 heavy (non-hydrogen) atoms. The van der Waals surface area contributed by atoms with E-state index in [0.29, 0.717) is 11.4 Å². The Morgan fingerprint density at radius 2 is 1.85 bits per heavy atom. The van der Waals surface area contributed by atoms with Gasteiger partial charge in [-0.15, -0.1) is 0 Å². The lowest BCUT2D eigenvalue weighted by Crippen LogP contribution is -2.37. The Balaban J connectivity index is 2.14. The highest BCUT2D eigenvalue weighted by molar-refractivity contribution is 7.92. The van der Waals surface area contributed by atoms with Gasteiger partial charge in [0.25, 0.3) is 0 Å². The molecular weight excluding hydrogens is 359 g/mol. The summed E-state index contributed by atoms with van der Waals surface area (Å²) in [5, 5.41) is 2.64. The summed E-state index contributed by atoms with van der Waals surface area (Å²) in [4.78, 5) is 12.3. The highest BCUT2D eigenvalue weighted by Crippen LogP contribution is 2.20. The highest BCUT2D eigenvalue weighted by atomic mass is 32.2. The van der Waals surface area contributed by atoms with Gasteiger partial charge in [-0.05, 0) is 50.2 Å². The number of ether oxygens (including phenoxy) is 1. The molecule has 0 saturated heterocycles. The van der Waals surface area contributed by atoms with E-state index in [9.17, 15) is 17.6 Å². The zero-order chi connectivity index (χ0) is 19.3. The standard InChI is InChI=1S/C18H21FN2O4S/c1-13(2)25-17-6-4-5-15(11-17)20-18(22)12-21(26(3,23)24)16-9-7-14(19)8-10-16/h4-11,13H,12H2,1-3H3,(H,20,22). The number of hydrogen-bond donors (Lipinski definition) is 1. The second-order valence-corrected chi connectivity index (χ2v) is 7.90. The fourth-order valence-electron chi connectivity index (χ4n) is 2.26. The van der Waals surface area contributed by atoms with Crippen LogP contribution in [0.3, 0.4) is 0 Å². The lowest BCUT2D eigenvalue weighted by molar-refractivity contribution is -0.114. The monoisotopic (exact) mass is 380 g/mol. The third-order valence-electron chi connectivity index (χ3n) is 3.29. The van der Waals surface area contributed by atoms with Gasteiger partial charge in [0.15, 0.2) is 0 Å². The Morgan fingerprint density at radius 3 is 2.42 bits per heavy atom. The van der Waals surface area contributed by atoms with Crippen LogP contribution in [0, 0.1) is 5.82 Å². The van der Waals surface area contributed by atoms with Crippen molar-refractivity contribution >= 4 is 27.3 Å². The average molecular weight is 380 g/mol. The van der Waals surface area contributed by atoms with Crippen LogP contribution >= 0.6 is 0 Å². The van der Waals surface area contributed by atoms with Crippen LogP contribution in [0.1, 0.15) is 13.8 Å². The molecule has 8 heteroatoms. The molecule has 0 aromatic heterocycles. The van der Waals surface area contributed by atoms with Gasteiger partial charge in [-0.3, -0.25) is 9.10 Å². The fourth-order valence-corrected chi connectivity index (χ4v) is 3.11. The molecule has 0 spiro atoms. The van der Waals surface area contributed by atoms with Crippen molar-refractivity contribution in [3.63, 3.8) is 0 Å². The number of sulfonamides is 1. The van der Waals surface area contributed by atoms with Gasteiger partial charge < -0.3 is 10.1 Å². The first kappa shape index (κ1) is 19.7. The van der Waals surface area contributed by atoms with Crippen LogP contribution in [-0.2, 0) is 14.8 Å². The van der Waals surface area contributed by atoms with E-state index >= 15 is 0 Å². The number of benzene rings is 2. The van der Waals surface area contributed by atoms with Gasteiger partial charge in [0.05, 0.1) is 18.0 Å². The molecule has 0 fully saturated rings. The minimum atomic E-state index is -3.72. The second kappa shape index (κ2) is 8.18. The largest absolute Gasteiger partial charge is 0.491 e. The van der Waals surface area contributed by atoms with Gasteiger partial charge in [0.1, 0.15) is 18.1 Å². The minimum absolute atomic E-state index is 0.0137. The lowest BCUT2D eigenvalue weighted by atomic mass is 10.3. The third kappa shape index (κ3) is 5.73. The zero-order valence-corrected chi connectivity index (χ0v) is 15.6. The van der Waals surface area contributed by atoms with Crippen molar-refractivity contribution in [2.75, 3.05) is 22.4 Å². The minimum Gasteiger partial charge on any atom is -0.491 e. The molecule has 1 N–H and O–H groups in total. The van der Waals surface area contributed by atoms with Gasteiger partial charge in [0, 0.05) is 11.8 Å².